The third-order valence-electron chi connectivity index (χ3n) is 5.73. The van der Waals surface area contributed by atoms with Crippen LogP contribution in [-0.2, 0) is 20.8 Å². The molecule has 2 atom stereocenters. The summed E-state index contributed by atoms with van der Waals surface area (Å²) in [7, 11) is 1.61. The minimum absolute atomic E-state index is 0.0188. The second-order valence-corrected chi connectivity index (χ2v) is 7.73. The van der Waals surface area contributed by atoms with E-state index in [2.05, 4.69) is 20.3 Å². The smallest absolute Gasteiger partial charge is 0.247 e. The van der Waals surface area contributed by atoms with Crippen molar-refractivity contribution in [3.8, 4) is 11.4 Å². The summed E-state index contributed by atoms with van der Waals surface area (Å²) < 4.78 is 13.0. The van der Waals surface area contributed by atoms with Crippen LogP contribution in [0.3, 0.4) is 0 Å². The van der Waals surface area contributed by atoms with E-state index in [9.17, 15) is 4.79 Å². The van der Waals surface area contributed by atoms with Gasteiger partial charge >= 0.3 is 0 Å². The lowest BCUT2D eigenvalue weighted by Crippen LogP contribution is -2.52. The number of aromatic nitrogens is 5. The Bertz CT molecular complexity index is 1080. The van der Waals surface area contributed by atoms with Gasteiger partial charge in [-0.05, 0) is 26.8 Å². The molecule has 1 fully saturated rings. The van der Waals surface area contributed by atoms with E-state index in [1.54, 1.807) is 25.7 Å². The van der Waals surface area contributed by atoms with Gasteiger partial charge in [-0.2, -0.15) is 0 Å². The SMILES string of the molecule is CCn1c(-c2cnc(C)nc2)nc2c(N[C@H](C(=O)N3CCOCC3)[C@@H](C)OC)ccnc21. The molecule has 0 aromatic carbocycles. The van der Waals surface area contributed by atoms with Gasteiger partial charge in [0.2, 0.25) is 5.91 Å². The fourth-order valence-electron chi connectivity index (χ4n) is 3.83. The first-order valence-corrected chi connectivity index (χ1v) is 10.8. The van der Waals surface area contributed by atoms with E-state index in [1.165, 1.54) is 0 Å². The summed E-state index contributed by atoms with van der Waals surface area (Å²) in [4.78, 5) is 33.1. The fourth-order valence-corrected chi connectivity index (χ4v) is 3.83. The van der Waals surface area contributed by atoms with Crippen LogP contribution >= 0.6 is 0 Å². The van der Waals surface area contributed by atoms with E-state index in [-0.39, 0.29) is 12.0 Å². The van der Waals surface area contributed by atoms with Crippen molar-refractivity contribution in [3.05, 3.63) is 30.5 Å². The van der Waals surface area contributed by atoms with Gasteiger partial charge in [-0.15, -0.1) is 0 Å². The van der Waals surface area contributed by atoms with Crippen molar-refractivity contribution in [1.29, 1.82) is 0 Å². The van der Waals surface area contributed by atoms with Gasteiger partial charge in [0.25, 0.3) is 0 Å². The number of fused-ring (bicyclic) bond motifs is 1. The molecule has 0 saturated carbocycles. The molecule has 32 heavy (non-hydrogen) atoms. The Labute approximate surface area is 187 Å². The summed E-state index contributed by atoms with van der Waals surface area (Å²) in [6.07, 6.45) is 4.91. The molecule has 0 unspecified atom stereocenters. The number of amides is 1. The molecule has 3 aromatic heterocycles. The first kappa shape index (κ1) is 22.1. The van der Waals surface area contributed by atoms with E-state index in [0.29, 0.717) is 44.2 Å². The zero-order chi connectivity index (χ0) is 22.7. The Hall–Kier alpha value is -3.11. The van der Waals surface area contributed by atoms with Crippen molar-refractivity contribution in [2.75, 3.05) is 38.7 Å². The first-order chi connectivity index (χ1) is 15.5. The third kappa shape index (κ3) is 4.28. The number of anilines is 1. The molecule has 3 aromatic rings. The van der Waals surface area contributed by atoms with Crippen molar-refractivity contribution < 1.29 is 14.3 Å². The summed E-state index contributed by atoms with van der Waals surface area (Å²) in [5, 5.41) is 3.39. The van der Waals surface area contributed by atoms with Crippen LogP contribution in [0.5, 0.6) is 0 Å². The summed E-state index contributed by atoms with van der Waals surface area (Å²) in [6, 6.07) is 1.27. The average molecular weight is 440 g/mol. The van der Waals surface area contributed by atoms with E-state index in [4.69, 9.17) is 14.5 Å². The number of pyridine rings is 1. The lowest BCUT2D eigenvalue weighted by Gasteiger charge is -2.33. The molecule has 170 valence electrons. The van der Waals surface area contributed by atoms with Crippen LogP contribution in [0, 0.1) is 6.92 Å². The van der Waals surface area contributed by atoms with Gasteiger partial charge in [0.1, 0.15) is 23.2 Å². The molecular formula is C22H29N7O3. The fraction of sp³-hybridized carbons (Fsp3) is 0.500. The zero-order valence-corrected chi connectivity index (χ0v) is 18.9. The minimum Gasteiger partial charge on any atom is -0.379 e. The topological polar surface area (TPSA) is 107 Å². The molecule has 1 amide bonds. The highest BCUT2D eigenvalue weighted by Crippen LogP contribution is 2.28. The van der Waals surface area contributed by atoms with Gasteiger partial charge < -0.3 is 24.3 Å². The number of hydrogen-bond donors (Lipinski definition) is 1. The molecule has 4 rings (SSSR count). The lowest BCUT2D eigenvalue weighted by atomic mass is 10.1. The van der Waals surface area contributed by atoms with Crippen molar-refractivity contribution in [2.24, 2.45) is 0 Å². The molecule has 10 heteroatoms. The minimum atomic E-state index is -0.568. The molecule has 1 aliphatic rings. The van der Waals surface area contributed by atoms with Crippen LogP contribution in [0.15, 0.2) is 24.7 Å². The molecular weight excluding hydrogens is 410 g/mol. The van der Waals surface area contributed by atoms with Gasteiger partial charge in [-0.1, -0.05) is 0 Å². The molecule has 0 aliphatic carbocycles. The number of nitrogens with zero attached hydrogens (tertiary/aromatic N) is 6. The predicted octanol–water partition coefficient (Wildman–Crippen LogP) is 1.89. The third-order valence-corrected chi connectivity index (χ3v) is 5.73. The predicted molar refractivity (Wildman–Crippen MR) is 120 cm³/mol. The van der Waals surface area contributed by atoms with E-state index in [1.807, 2.05) is 36.3 Å². The standard InChI is InChI=1S/C22H29N7O3/c1-5-29-20(16-12-24-15(3)25-13-16)27-19-17(6-7-23-21(19)29)26-18(14(2)31-4)22(30)28-8-10-32-11-9-28/h6-7,12-14,18H,5,8-11H2,1-4H3,(H,23,26)/t14-,18+/m1/s1. The second-order valence-electron chi connectivity index (χ2n) is 7.73. The molecule has 1 aliphatic heterocycles. The number of carbonyl (C=O) groups is 1. The Balaban J connectivity index is 1.72. The first-order valence-electron chi connectivity index (χ1n) is 10.8. The van der Waals surface area contributed by atoms with Crippen LogP contribution in [-0.4, -0.2) is 80.9 Å². The van der Waals surface area contributed by atoms with Gasteiger partial charge in [0.05, 0.1) is 30.6 Å². The average Bonchev–Trinajstić information content (AvgIpc) is 3.22. The number of aryl methyl sites for hydroxylation is 2. The van der Waals surface area contributed by atoms with Crippen molar-refractivity contribution in [1.82, 2.24) is 29.4 Å². The Morgan fingerprint density at radius 1 is 1.25 bits per heavy atom. The second kappa shape index (κ2) is 9.58. The zero-order valence-electron chi connectivity index (χ0n) is 18.9. The van der Waals surface area contributed by atoms with Crippen LogP contribution in [0.25, 0.3) is 22.6 Å². The lowest BCUT2D eigenvalue weighted by molar-refractivity contribution is -0.138. The normalized spacial score (nSPS) is 16.2. The number of nitrogens with one attached hydrogen (secondary N) is 1. The van der Waals surface area contributed by atoms with Gasteiger partial charge in [-0.25, -0.2) is 19.9 Å². The van der Waals surface area contributed by atoms with Crippen molar-refractivity contribution in [3.63, 3.8) is 0 Å². The molecule has 1 saturated heterocycles. The summed E-state index contributed by atoms with van der Waals surface area (Å²) in [5.41, 5.74) is 2.96. The maximum absolute atomic E-state index is 13.3. The number of carbonyl (C=O) groups excluding carboxylic acids is 1. The number of methoxy groups -OCH3 is 1. The van der Waals surface area contributed by atoms with E-state index < -0.39 is 6.04 Å². The van der Waals surface area contributed by atoms with Crippen LogP contribution in [0.2, 0.25) is 0 Å². The maximum atomic E-state index is 13.3. The van der Waals surface area contributed by atoms with Gasteiger partial charge in [0, 0.05) is 45.3 Å². The number of hydrogen-bond acceptors (Lipinski definition) is 8. The summed E-state index contributed by atoms with van der Waals surface area (Å²) >= 11 is 0. The monoisotopic (exact) mass is 439 g/mol. The molecule has 0 spiro atoms. The molecule has 0 bridgehead atoms. The highest BCUT2D eigenvalue weighted by atomic mass is 16.5. The number of imidazole rings is 1. The molecule has 1 N–H and O–H groups in total. The number of rotatable bonds is 7. The maximum Gasteiger partial charge on any atom is 0.247 e. The van der Waals surface area contributed by atoms with Crippen molar-refractivity contribution in [2.45, 2.75) is 39.5 Å². The molecule has 10 nitrogen and oxygen atoms in total. The van der Waals surface area contributed by atoms with Crippen molar-refractivity contribution >= 4 is 22.8 Å². The quantitative estimate of drug-likeness (QED) is 0.595. The number of ether oxygens (including phenoxy) is 2. The molecule has 4 heterocycles. The van der Waals surface area contributed by atoms with Gasteiger partial charge in [0.15, 0.2) is 5.65 Å². The largest absolute Gasteiger partial charge is 0.379 e. The van der Waals surface area contributed by atoms with E-state index >= 15 is 0 Å². The Morgan fingerprint density at radius 3 is 2.62 bits per heavy atom. The summed E-state index contributed by atoms with van der Waals surface area (Å²) in [6.45, 7) is 8.68. The molecule has 0 radical (unpaired) electrons. The van der Waals surface area contributed by atoms with E-state index in [0.717, 1.165) is 22.7 Å². The Kier molecular flexibility index (Phi) is 6.61. The highest BCUT2D eigenvalue weighted by Gasteiger charge is 2.31. The Morgan fingerprint density at radius 2 is 1.97 bits per heavy atom. The number of morpholine rings is 1. The van der Waals surface area contributed by atoms with Crippen LogP contribution in [0.4, 0.5) is 5.69 Å². The van der Waals surface area contributed by atoms with Gasteiger partial charge in [-0.3, -0.25) is 4.79 Å². The van der Waals surface area contributed by atoms with Crippen LogP contribution in [0.1, 0.15) is 19.7 Å². The highest BCUT2D eigenvalue weighted by molar-refractivity contribution is 5.92. The summed E-state index contributed by atoms with van der Waals surface area (Å²) in [5.74, 6) is 1.42. The van der Waals surface area contributed by atoms with Crippen LogP contribution < -0.4 is 5.32 Å².